The van der Waals surface area contributed by atoms with Crippen LogP contribution in [-0.4, -0.2) is 25.0 Å². The van der Waals surface area contributed by atoms with Crippen molar-refractivity contribution in [3.05, 3.63) is 24.3 Å². The highest BCUT2D eigenvalue weighted by Gasteiger charge is 2.13. The molecule has 1 heterocycles. The van der Waals surface area contributed by atoms with Crippen LogP contribution >= 0.6 is 0 Å². The minimum absolute atomic E-state index is 0.00682. The molecule has 4 heteroatoms. The van der Waals surface area contributed by atoms with Gasteiger partial charge in [-0.2, -0.15) is 0 Å². The summed E-state index contributed by atoms with van der Waals surface area (Å²) in [4.78, 5) is 11.5. The quantitative estimate of drug-likeness (QED) is 0.763. The monoisotopic (exact) mass is 247 g/mol. The lowest BCUT2D eigenvalue weighted by molar-refractivity contribution is -0.118. The first kappa shape index (κ1) is 12.9. The summed E-state index contributed by atoms with van der Waals surface area (Å²) in [5.74, 6) is 0.0584. The average molecular weight is 247 g/mol. The van der Waals surface area contributed by atoms with E-state index in [9.17, 15) is 4.79 Å². The van der Waals surface area contributed by atoms with E-state index in [4.69, 9.17) is 0 Å². The minimum atomic E-state index is 0.00682. The minimum Gasteiger partial charge on any atom is -0.381 e. The van der Waals surface area contributed by atoms with Gasteiger partial charge in [0.15, 0.2) is 0 Å². The SMILES string of the molecule is CC(C)C(=O)Nc1ccc(NC2CCNC2)cc1. The maximum absolute atomic E-state index is 11.5. The molecule has 0 saturated carbocycles. The number of carbonyl (C=O) groups excluding carboxylic acids is 1. The molecule has 1 amide bonds. The smallest absolute Gasteiger partial charge is 0.226 e. The van der Waals surface area contributed by atoms with Crippen LogP contribution in [0.4, 0.5) is 11.4 Å². The van der Waals surface area contributed by atoms with Crippen LogP contribution in [0.2, 0.25) is 0 Å². The summed E-state index contributed by atoms with van der Waals surface area (Å²) in [7, 11) is 0. The zero-order chi connectivity index (χ0) is 13.0. The Morgan fingerprint density at radius 3 is 2.50 bits per heavy atom. The zero-order valence-corrected chi connectivity index (χ0v) is 11.0. The maximum Gasteiger partial charge on any atom is 0.226 e. The lowest BCUT2D eigenvalue weighted by atomic mass is 10.2. The largest absolute Gasteiger partial charge is 0.381 e. The topological polar surface area (TPSA) is 53.2 Å². The predicted molar refractivity (Wildman–Crippen MR) is 74.8 cm³/mol. The Labute approximate surface area is 108 Å². The molecule has 0 radical (unpaired) electrons. The maximum atomic E-state index is 11.5. The number of anilines is 2. The highest BCUT2D eigenvalue weighted by molar-refractivity contribution is 5.92. The van der Waals surface area contributed by atoms with E-state index < -0.39 is 0 Å². The fraction of sp³-hybridized carbons (Fsp3) is 0.500. The number of nitrogens with one attached hydrogen (secondary N) is 3. The molecule has 98 valence electrons. The molecule has 1 unspecified atom stereocenters. The van der Waals surface area contributed by atoms with Gasteiger partial charge >= 0.3 is 0 Å². The second-order valence-electron chi connectivity index (χ2n) is 5.06. The van der Waals surface area contributed by atoms with E-state index in [1.165, 1.54) is 0 Å². The normalized spacial score (nSPS) is 18.9. The van der Waals surface area contributed by atoms with E-state index in [0.717, 1.165) is 30.9 Å². The lowest BCUT2D eigenvalue weighted by Gasteiger charge is -2.13. The van der Waals surface area contributed by atoms with Crippen LogP contribution < -0.4 is 16.0 Å². The number of rotatable bonds is 4. The van der Waals surface area contributed by atoms with Crippen LogP contribution in [-0.2, 0) is 4.79 Å². The summed E-state index contributed by atoms with van der Waals surface area (Å²) in [6.07, 6.45) is 1.16. The number of amides is 1. The van der Waals surface area contributed by atoms with E-state index in [2.05, 4.69) is 16.0 Å². The molecule has 0 spiro atoms. The van der Waals surface area contributed by atoms with Gasteiger partial charge in [-0.3, -0.25) is 4.79 Å². The van der Waals surface area contributed by atoms with Crippen LogP contribution in [0.3, 0.4) is 0 Å². The molecule has 1 fully saturated rings. The van der Waals surface area contributed by atoms with Gasteiger partial charge in [0.2, 0.25) is 5.91 Å². The highest BCUT2D eigenvalue weighted by Crippen LogP contribution is 2.16. The third-order valence-electron chi connectivity index (χ3n) is 3.11. The molecule has 0 aromatic heterocycles. The van der Waals surface area contributed by atoms with Crippen molar-refractivity contribution in [3.63, 3.8) is 0 Å². The molecule has 1 aliphatic rings. The first-order valence-corrected chi connectivity index (χ1v) is 6.53. The Kier molecular flexibility index (Phi) is 4.20. The summed E-state index contributed by atoms with van der Waals surface area (Å²) in [5.41, 5.74) is 1.95. The summed E-state index contributed by atoms with van der Waals surface area (Å²) in [5, 5.41) is 9.68. The third-order valence-corrected chi connectivity index (χ3v) is 3.11. The van der Waals surface area contributed by atoms with Crippen molar-refractivity contribution in [2.24, 2.45) is 5.92 Å². The van der Waals surface area contributed by atoms with E-state index in [-0.39, 0.29) is 11.8 Å². The van der Waals surface area contributed by atoms with Gasteiger partial charge < -0.3 is 16.0 Å². The van der Waals surface area contributed by atoms with Crippen molar-refractivity contribution in [2.45, 2.75) is 26.3 Å². The Balaban J connectivity index is 1.90. The molecular formula is C14H21N3O. The van der Waals surface area contributed by atoms with E-state index >= 15 is 0 Å². The van der Waals surface area contributed by atoms with Crippen LogP contribution in [0.5, 0.6) is 0 Å². The second-order valence-corrected chi connectivity index (χ2v) is 5.06. The van der Waals surface area contributed by atoms with Gasteiger partial charge in [-0.1, -0.05) is 13.8 Å². The van der Waals surface area contributed by atoms with Crippen LogP contribution in [0.15, 0.2) is 24.3 Å². The lowest BCUT2D eigenvalue weighted by Crippen LogP contribution is -2.22. The molecule has 1 atom stereocenters. The fourth-order valence-electron chi connectivity index (χ4n) is 1.95. The van der Waals surface area contributed by atoms with Gasteiger partial charge in [0, 0.05) is 29.9 Å². The van der Waals surface area contributed by atoms with E-state index in [1.807, 2.05) is 38.1 Å². The zero-order valence-electron chi connectivity index (χ0n) is 11.0. The fourth-order valence-corrected chi connectivity index (χ4v) is 1.95. The summed E-state index contributed by atoms with van der Waals surface area (Å²) in [6.45, 7) is 5.88. The third kappa shape index (κ3) is 3.47. The van der Waals surface area contributed by atoms with Crippen molar-refractivity contribution < 1.29 is 4.79 Å². The first-order chi connectivity index (χ1) is 8.65. The Bertz CT molecular complexity index is 394. The Morgan fingerprint density at radius 2 is 1.94 bits per heavy atom. The van der Waals surface area contributed by atoms with Gasteiger partial charge in [-0.15, -0.1) is 0 Å². The number of hydrogen-bond acceptors (Lipinski definition) is 3. The van der Waals surface area contributed by atoms with Crippen molar-refractivity contribution in [1.82, 2.24) is 5.32 Å². The van der Waals surface area contributed by atoms with Crippen LogP contribution in [0.1, 0.15) is 20.3 Å². The van der Waals surface area contributed by atoms with Crippen molar-refractivity contribution in [2.75, 3.05) is 23.7 Å². The average Bonchev–Trinajstić information content (AvgIpc) is 2.84. The molecule has 1 aromatic rings. The number of benzene rings is 1. The molecule has 1 aromatic carbocycles. The van der Waals surface area contributed by atoms with Gasteiger partial charge in [0.1, 0.15) is 0 Å². The Morgan fingerprint density at radius 1 is 1.28 bits per heavy atom. The summed E-state index contributed by atoms with van der Waals surface area (Å²) < 4.78 is 0. The summed E-state index contributed by atoms with van der Waals surface area (Å²) in [6, 6.07) is 8.40. The molecule has 18 heavy (non-hydrogen) atoms. The molecule has 0 aliphatic carbocycles. The number of carbonyl (C=O) groups is 1. The van der Waals surface area contributed by atoms with Gasteiger partial charge in [-0.05, 0) is 37.2 Å². The molecule has 1 saturated heterocycles. The van der Waals surface area contributed by atoms with Crippen molar-refractivity contribution >= 4 is 17.3 Å². The molecular weight excluding hydrogens is 226 g/mol. The molecule has 0 bridgehead atoms. The molecule has 2 rings (SSSR count). The van der Waals surface area contributed by atoms with Crippen molar-refractivity contribution in [1.29, 1.82) is 0 Å². The van der Waals surface area contributed by atoms with Crippen molar-refractivity contribution in [3.8, 4) is 0 Å². The van der Waals surface area contributed by atoms with Crippen LogP contribution in [0.25, 0.3) is 0 Å². The number of hydrogen-bond donors (Lipinski definition) is 3. The Hall–Kier alpha value is -1.55. The predicted octanol–water partition coefficient (Wildman–Crippen LogP) is 2.05. The molecule has 3 N–H and O–H groups in total. The van der Waals surface area contributed by atoms with E-state index in [0.29, 0.717) is 6.04 Å². The van der Waals surface area contributed by atoms with Gasteiger partial charge in [0.25, 0.3) is 0 Å². The second kappa shape index (κ2) is 5.87. The molecule has 1 aliphatic heterocycles. The van der Waals surface area contributed by atoms with Gasteiger partial charge in [0.05, 0.1) is 0 Å². The van der Waals surface area contributed by atoms with Crippen LogP contribution in [0, 0.1) is 5.92 Å². The highest BCUT2D eigenvalue weighted by atomic mass is 16.1. The first-order valence-electron chi connectivity index (χ1n) is 6.53. The summed E-state index contributed by atoms with van der Waals surface area (Å²) >= 11 is 0. The van der Waals surface area contributed by atoms with Gasteiger partial charge in [-0.25, -0.2) is 0 Å². The standard InChI is InChI=1S/C14H21N3O/c1-10(2)14(18)17-12-5-3-11(4-6-12)16-13-7-8-15-9-13/h3-6,10,13,15-16H,7-9H2,1-2H3,(H,17,18). The molecule has 4 nitrogen and oxygen atoms in total. The van der Waals surface area contributed by atoms with E-state index in [1.54, 1.807) is 0 Å².